The molecule has 0 spiro atoms. The van der Waals surface area contributed by atoms with E-state index in [0.717, 1.165) is 6.20 Å². The summed E-state index contributed by atoms with van der Waals surface area (Å²) in [6.45, 7) is 1.53. The minimum Gasteiger partial charge on any atom is -0.333 e. The number of hydrogen-bond donors (Lipinski definition) is 1. The van der Waals surface area contributed by atoms with Gasteiger partial charge in [-0.05, 0) is 12.5 Å². The second kappa shape index (κ2) is 5.61. The van der Waals surface area contributed by atoms with Gasteiger partial charge in [0.25, 0.3) is 0 Å². The van der Waals surface area contributed by atoms with E-state index in [1.54, 1.807) is 24.3 Å². The van der Waals surface area contributed by atoms with Gasteiger partial charge in [-0.2, -0.15) is 13.2 Å². The van der Waals surface area contributed by atoms with Crippen LogP contribution in [0.4, 0.5) is 13.2 Å². The molecule has 0 saturated heterocycles. The monoisotopic (exact) mass is 318 g/mol. The number of halogens is 3. The predicted molar refractivity (Wildman–Crippen MR) is 72.8 cm³/mol. The van der Waals surface area contributed by atoms with Crippen LogP contribution in [0.15, 0.2) is 30.5 Å². The molecule has 0 radical (unpaired) electrons. The fourth-order valence-corrected chi connectivity index (χ4v) is 2.44. The van der Waals surface area contributed by atoms with Gasteiger partial charge in [0.2, 0.25) is 0 Å². The van der Waals surface area contributed by atoms with E-state index < -0.39 is 28.2 Å². The van der Waals surface area contributed by atoms with Gasteiger partial charge in [0.1, 0.15) is 5.82 Å². The molecule has 0 fully saturated rings. The van der Waals surface area contributed by atoms with Gasteiger partial charge in [0.15, 0.2) is 16.8 Å². The number of nitrogens with zero attached hydrogens (tertiary/aromatic N) is 2. The van der Waals surface area contributed by atoms with Gasteiger partial charge < -0.3 is 9.12 Å². The van der Waals surface area contributed by atoms with Gasteiger partial charge in [-0.15, -0.1) is 0 Å². The van der Waals surface area contributed by atoms with Crippen molar-refractivity contribution >= 4 is 11.1 Å². The number of aryl methyl sites for hydroxylation is 1. The lowest BCUT2D eigenvalue weighted by Gasteiger charge is -2.13. The smallest absolute Gasteiger partial charge is 0.333 e. The molecular formula is C13H13F3N2O2S. The Morgan fingerprint density at radius 3 is 2.48 bits per heavy atom. The van der Waals surface area contributed by atoms with Crippen molar-refractivity contribution in [3.8, 4) is 11.4 Å². The molecule has 0 aliphatic heterocycles. The van der Waals surface area contributed by atoms with Gasteiger partial charge in [-0.3, -0.25) is 0 Å². The molecule has 0 saturated carbocycles. The molecule has 1 aromatic heterocycles. The fourth-order valence-electron chi connectivity index (χ4n) is 2.02. The molecule has 1 N–H and O–H groups in total. The second-order valence-corrected chi connectivity index (χ2v) is 5.82. The van der Waals surface area contributed by atoms with Crippen molar-refractivity contribution in [3.05, 3.63) is 41.7 Å². The Bertz CT molecular complexity index is 682. The van der Waals surface area contributed by atoms with Crippen LogP contribution in [0.2, 0.25) is 0 Å². The van der Waals surface area contributed by atoms with Gasteiger partial charge in [-0.1, -0.05) is 24.3 Å². The summed E-state index contributed by atoms with van der Waals surface area (Å²) in [5, 5.41) is -0.729. The first-order valence-electron chi connectivity index (χ1n) is 6.01. The SMILES string of the molecule is CC(c1ccccc1-c1nc(C(F)(F)F)cn1C)S(=O)O. The Labute approximate surface area is 121 Å². The van der Waals surface area contributed by atoms with Crippen LogP contribution in [0.25, 0.3) is 11.4 Å². The minimum atomic E-state index is -4.53. The zero-order valence-electron chi connectivity index (χ0n) is 11.3. The molecule has 0 aliphatic carbocycles. The molecule has 0 aliphatic rings. The maximum atomic E-state index is 12.7. The molecule has 114 valence electrons. The van der Waals surface area contributed by atoms with Crippen LogP contribution in [0.3, 0.4) is 0 Å². The first kappa shape index (κ1) is 15.7. The largest absolute Gasteiger partial charge is 0.434 e. The summed E-state index contributed by atoms with van der Waals surface area (Å²) in [7, 11) is 1.45. The molecule has 2 aromatic rings. The predicted octanol–water partition coefficient (Wildman–Crippen LogP) is 3.39. The lowest BCUT2D eigenvalue weighted by Crippen LogP contribution is -2.06. The molecule has 4 nitrogen and oxygen atoms in total. The third-order valence-electron chi connectivity index (χ3n) is 3.11. The van der Waals surface area contributed by atoms with E-state index in [1.165, 1.54) is 18.5 Å². The standard InChI is InChI=1S/C13H13F3N2O2S/c1-8(21(19)20)9-5-3-4-6-10(9)12-17-11(7-18(12)2)13(14,15)16/h3-8H,1-2H3,(H,19,20). The third-order valence-corrected chi connectivity index (χ3v) is 3.97. The highest BCUT2D eigenvalue weighted by Gasteiger charge is 2.35. The lowest BCUT2D eigenvalue weighted by atomic mass is 10.0. The number of imidazole rings is 1. The molecule has 1 aromatic carbocycles. The van der Waals surface area contributed by atoms with E-state index >= 15 is 0 Å². The topological polar surface area (TPSA) is 55.1 Å². The van der Waals surface area contributed by atoms with Crippen LogP contribution >= 0.6 is 0 Å². The molecular weight excluding hydrogens is 305 g/mol. The van der Waals surface area contributed by atoms with E-state index in [-0.39, 0.29) is 5.82 Å². The average molecular weight is 318 g/mol. The maximum Gasteiger partial charge on any atom is 0.434 e. The Hall–Kier alpha value is -1.67. The molecule has 2 rings (SSSR count). The molecule has 8 heteroatoms. The Morgan fingerprint density at radius 2 is 1.95 bits per heavy atom. The van der Waals surface area contributed by atoms with Crippen molar-refractivity contribution in [1.82, 2.24) is 9.55 Å². The van der Waals surface area contributed by atoms with E-state index in [1.807, 2.05) is 0 Å². The van der Waals surface area contributed by atoms with Gasteiger partial charge in [0, 0.05) is 18.8 Å². The highest BCUT2D eigenvalue weighted by molar-refractivity contribution is 7.79. The molecule has 21 heavy (non-hydrogen) atoms. The van der Waals surface area contributed by atoms with Gasteiger partial charge >= 0.3 is 6.18 Å². The third kappa shape index (κ3) is 3.16. The van der Waals surface area contributed by atoms with Crippen LogP contribution in [0.5, 0.6) is 0 Å². The average Bonchev–Trinajstić information content (AvgIpc) is 2.79. The summed E-state index contributed by atoms with van der Waals surface area (Å²) in [5.41, 5.74) is -0.112. The summed E-state index contributed by atoms with van der Waals surface area (Å²) >= 11 is -2.12. The van der Waals surface area contributed by atoms with Crippen molar-refractivity contribution in [1.29, 1.82) is 0 Å². The summed E-state index contributed by atoms with van der Waals surface area (Å²) in [6.07, 6.45) is -3.64. The van der Waals surface area contributed by atoms with E-state index in [9.17, 15) is 21.9 Å². The number of benzene rings is 1. The zero-order chi connectivity index (χ0) is 15.8. The first-order chi connectivity index (χ1) is 9.71. The van der Waals surface area contributed by atoms with Crippen LogP contribution in [0.1, 0.15) is 23.4 Å². The zero-order valence-corrected chi connectivity index (χ0v) is 12.1. The summed E-state index contributed by atoms with van der Waals surface area (Å²) < 4.78 is 59.9. The fraction of sp³-hybridized carbons (Fsp3) is 0.308. The summed E-state index contributed by atoms with van der Waals surface area (Å²) in [4.78, 5) is 3.61. The highest BCUT2D eigenvalue weighted by atomic mass is 32.2. The molecule has 2 atom stereocenters. The Kier molecular flexibility index (Phi) is 4.20. The molecule has 2 unspecified atom stereocenters. The maximum absolute atomic E-state index is 12.7. The highest BCUT2D eigenvalue weighted by Crippen LogP contribution is 2.33. The van der Waals surface area contributed by atoms with E-state index in [2.05, 4.69) is 4.98 Å². The van der Waals surface area contributed by atoms with Crippen molar-refractivity contribution < 1.29 is 21.9 Å². The molecule has 0 bridgehead atoms. The molecule has 0 amide bonds. The van der Waals surface area contributed by atoms with Crippen molar-refractivity contribution in [2.45, 2.75) is 18.3 Å². The van der Waals surface area contributed by atoms with Crippen LogP contribution in [-0.2, 0) is 24.3 Å². The van der Waals surface area contributed by atoms with Crippen LogP contribution < -0.4 is 0 Å². The van der Waals surface area contributed by atoms with E-state index in [0.29, 0.717) is 11.1 Å². The summed E-state index contributed by atoms with van der Waals surface area (Å²) in [5.74, 6) is 0.107. The van der Waals surface area contributed by atoms with Crippen molar-refractivity contribution in [2.75, 3.05) is 0 Å². The summed E-state index contributed by atoms with van der Waals surface area (Å²) in [6, 6.07) is 6.50. The van der Waals surface area contributed by atoms with Crippen molar-refractivity contribution in [2.24, 2.45) is 7.05 Å². The number of aromatic nitrogens is 2. The molecule has 1 heterocycles. The normalized spacial score (nSPS) is 15.0. The van der Waals surface area contributed by atoms with Crippen LogP contribution in [-0.4, -0.2) is 18.3 Å². The van der Waals surface area contributed by atoms with Crippen molar-refractivity contribution in [3.63, 3.8) is 0 Å². The van der Waals surface area contributed by atoms with E-state index in [4.69, 9.17) is 0 Å². The number of alkyl halides is 3. The number of hydrogen-bond acceptors (Lipinski definition) is 2. The van der Waals surface area contributed by atoms with Gasteiger partial charge in [0.05, 0.1) is 5.25 Å². The number of rotatable bonds is 3. The quantitative estimate of drug-likeness (QED) is 0.883. The second-order valence-electron chi connectivity index (χ2n) is 4.56. The minimum absolute atomic E-state index is 0.107. The Balaban J connectivity index is 2.58. The lowest BCUT2D eigenvalue weighted by molar-refractivity contribution is -0.140. The van der Waals surface area contributed by atoms with Gasteiger partial charge in [-0.25, -0.2) is 9.19 Å². The Morgan fingerprint density at radius 1 is 1.33 bits per heavy atom. The first-order valence-corrected chi connectivity index (χ1v) is 7.18. The van der Waals surface area contributed by atoms with Crippen LogP contribution in [0, 0.1) is 0 Å².